The average Bonchev–Trinajstić information content (AvgIpc) is 2.39. The lowest BCUT2D eigenvalue weighted by Gasteiger charge is -2.23. The molecule has 1 saturated heterocycles. The Balaban J connectivity index is 1.94. The van der Waals surface area contributed by atoms with Crippen LogP contribution < -0.4 is 10.0 Å². The van der Waals surface area contributed by atoms with Gasteiger partial charge in [0.15, 0.2) is 0 Å². The Labute approximate surface area is 101 Å². The fourth-order valence-corrected chi connectivity index (χ4v) is 2.75. The Bertz CT molecular complexity index is 443. The smallest absolute Gasteiger partial charge is 0.276 e. The van der Waals surface area contributed by atoms with E-state index in [-0.39, 0.29) is 11.2 Å². The zero-order valence-electron chi connectivity index (χ0n) is 9.46. The second kappa shape index (κ2) is 5.52. The van der Waals surface area contributed by atoms with Gasteiger partial charge in [0.05, 0.1) is 0 Å². The molecular weight excluding hydrogens is 240 g/mol. The van der Waals surface area contributed by atoms with Crippen LogP contribution in [0.15, 0.2) is 23.6 Å². The maximum Gasteiger partial charge on any atom is 0.276 e. The molecule has 1 aromatic heterocycles. The van der Waals surface area contributed by atoms with Crippen molar-refractivity contribution < 1.29 is 8.42 Å². The van der Waals surface area contributed by atoms with E-state index in [1.807, 2.05) is 0 Å². The van der Waals surface area contributed by atoms with Crippen molar-refractivity contribution in [2.75, 3.05) is 13.1 Å². The van der Waals surface area contributed by atoms with Crippen molar-refractivity contribution in [1.29, 1.82) is 0 Å². The van der Waals surface area contributed by atoms with Crippen LogP contribution >= 0.6 is 0 Å². The summed E-state index contributed by atoms with van der Waals surface area (Å²) in [5.74, 6) is 0. The molecule has 94 valence electrons. The predicted molar refractivity (Wildman–Crippen MR) is 62.9 cm³/mol. The van der Waals surface area contributed by atoms with Crippen molar-refractivity contribution >= 4 is 10.0 Å². The Morgan fingerprint density at radius 1 is 1.35 bits per heavy atom. The molecule has 1 atom stereocenters. The zero-order chi connectivity index (χ0) is 12.1. The third-order valence-electron chi connectivity index (χ3n) is 2.71. The van der Waals surface area contributed by atoms with E-state index in [0.717, 1.165) is 25.8 Å². The van der Waals surface area contributed by atoms with E-state index in [0.29, 0.717) is 6.54 Å². The van der Waals surface area contributed by atoms with Crippen molar-refractivity contribution in [3.8, 4) is 0 Å². The number of aromatic nitrogens is 2. The Morgan fingerprint density at radius 3 is 2.76 bits per heavy atom. The summed E-state index contributed by atoms with van der Waals surface area (Å²) in [6, 6.07) is 1.80. The molecule has 0 spiro atoms. The molecule has 6 nitrogen and oxygen atoms in total. The molecule has 0 radical (unpaired) electrons. The molecule has 0 amide bonds. The summed E-state index contributed by atoms with van der Waals surface area (Å²) in [5, 5.41) is 3.10. The number of hydrogen-bond acceptors (Lipinski definition) is 5. The first-order valence-electron chi connectivity index (χ1n) is 5.68. The minimum Gasteiger partial charge on any atom is -0.313 e. The van der Waals surface area contributed by atoms with Gasteiger partial charge in [-0.05, 0) is 25.5 Å². The SMILES string of the molecule is O=S(=O)(NC[C@H]1CCCCN1)c1ncccn1. The minimum absolute atomic E-state index is 0.171. The van der Waals surface area contributed by atoms with Crippen LogP contribution in [-0.4, -0.2) is 37.5 Å². The number of sulfonamides is 1. The molecule has 7 heteroatoms. The van der Waals surface area contributed by atoms with Crippen molar-refractivity contribution in [3.63, 3.8) is 0 Å². The third kappa shape index (κ3) is 3.45. The molecule has 0 bridgehead atoms. The second-order valence-electron chi connectivity index (χ2n) is 4.03. The number of nitrogens with zero attached hydrogens (tertiary/aromatic N) is 2. The van der Waals surface area contributed by atoms with Gasteiger partial charge >= 0.3 is 0 Å². The van der Waals surface area contributed by atoms with Crippen LogP contribution in [0.5, 0.6) is 0 Å². The first kappa shape index (κ1) is 12.4. The predicted octanol–water partition coefficient (Wildman–Crippen LogP) is -0.103. The van der Waals surface area contributed by atoms with Crippen LogP contribution in [0.4, 0.5) is 0 Å². The van der Waals surface area contributed by atoms with Gasteiger partial charge in [0, 0.05) is 25.0 Å². The van der Waals surface area contributed by atoms with Gasteiger partial charge in [-0.15, -0.1) is 0 Å². The lowest BCUT2D eigenvalue weighted by atomic mass is 10.1. The lowest BCUT2D eigenvalue weighted by molar-refractivity contribution is 0.398. The zero-order valence-corrected chi connectivity index (χ0v) is 10.3. The second-order valence-corrected chi connectivity index (χ2v) is 5.69. The molecular formula is C10H16N4O2S. The topological polar surface area (TPSA) is 84.0 Å². The molecule has 17 heavy (non-hydrogen) atoms. The van der Waals surface area contributed by atoms with E-state index in [1.165, 1.54) is 12.4 Å². The molecule has 1 fully saturated rings. The van der Waals surface area contributed by atoms with Crippen molar-refractivity contribution in [2.24, 2.45) is 0 Å². The summed E-state index contributed by atoms with van der Waals surface area (Å²) in [5.41, 5.74) is 0. The Morgan fingerprint density at radius 2 is 2.12 bits per heavy atom. The van der Waals surface area contributed by atoms with E-state index < -0.39 is 10.0 Å². The van der Waals surface area contributed by atoms with Crippen LogP contribution in [0.1, 0.15) is 19.3 Å². The maximum absolute atomic E-state index is 11.8. The van der Waals surface area contributed by atoms with E-state index in [9.17, 15) is 8.42 Å². The van der Waals surface area contributed by atoms with Crippen molar-refractivity contribution in [2.45, 2.75) is 30.5 Å². The number of nitrogens with one attached hydrogen (secondary N) is 2. The van der Waals surface area contributed by atoms with Gasteiger partial charge in [0.1, 0.15) is 0 Å². The standard InChI is InChI=1S/C10H16N4O2S/c15-17(16,10-12-6-3-7-13-10)14-8-9-4-1-2-5-11-9/h3,6-7,9,11,14H,1-2,4-5,8H2/t9-/m1/s1. The van der Waals surface area contributed by atoms with E-state index in [1.54, 1.807) is 6.07 Å². The highest BCUT2D eigenvalue weighted by Gasteiger charge is 2.20. The van der Waals surface area contributed by atoms with Crippen molar-refractivity contribution in [1.82, 2.24) is 20.0 Å². The fourth-order valence-electron chi connectivity index (χ4n) is 1.80. The van der Waals surface area contributed by atoms with Gasteiger partial charge in [-0.3, -0.25) is 0 Å². The highest BCUT2D eigenvalue weighted by molar-refractivity contribution is 7.89. The van der Waals surface area contributed by atoms with Crippen LogP contribution in [0.3, 0.4) is 0 Å². The first-order chi connectivity index (χ1) is 8.18. The van der Waals surface area contributed by atoms with Crippen LogP contribution in [0.2, 0.25) is 0 Å². The molecule has 1 aliphatic rings. The highest BCUT2D eigenvalue weighted by Crippen LogP contribution is 2.07. The molecule has 1 aromatic rings. The molecule has 2 rings (SSSR count). The molecule has 0 aromatic carbocycles. The normalized spacial score (nSPS) is 21.3. The number of rotatable bonds is 4. The lowest BCUT2D eigenvalue weighted by Crippen LogP contribution is -2.43. The summed E-state index contributed by atoms with van der Waals surface area (Å²) in [7, 11) is -3.57. The number of piperidine rings is 1. The Kier molecular flexibility index (Phi) is 4.03. The average molecular weight is 256 g/mol. The fraction of sp³-hybridized carbons (Fsp3) is 0.600. The van der Waals surface area contributed by atoms with Crippen LogP contribution in [0.25, 0.3) is 0 Å². The van der Waals surface area contributed by atoms with Gasteiger partial charge in [-0.2, -0.15) is 0 Å². The summed E-state index contributed by atoms with van der Waals surface area (Å²) >= 11 is 0. The molecule has 1 aliphatic heterocycles. The van der Waals surface area contributed by atoms with Gasteiger partial charge < -0.3 is 5.32 Å². The summed E-state index contributed by atoms with van der Waals surface area (Å²) in [4.78, 5) is 7.46. The van der Waals surface area contributed by atoms with Crippen LogP contribution in [0, 0.1) is 0 Å². The third-order valence-corrected chi connectivity index (χ3v) is 3.95. The quantitative estimate of drug-likeness (QED) is 0.735. The summed E-state index contributed by atoms with van der Waals surface area (Å²) in [6.07, 6.45) is 6.13. The van der Waals surface area contributed by atoms with E-state index >= 15 is 0 Å². The molecule has 0 unspecified atom stereocenters. The molecule has 2 N–H and O–H groups in total. The molecule has 0 aliphatic carbocycles. The highest BCUT2D eigenvalue weighted by atomic mass is 32.2. The molecule has 2 heterocycles. The maximum atomic E-state index is 11.8. The first-order valence-corrected chi connectivity index (χ1v) is 7.17. The van der Waals surface area contributed by atoms with Gasteiger partial charge in [-0.1, -0.05) is 6.42 Å². The monoisotopic (exact) mass is 256 g/mol. The Hall–Kier alpha value is -1.05. The summed E-state index contributed by atoms with van der Waals surface area (Å²) < 4.78 is 26.2. The summed E-state index contributed by atoms with van der Waals surface area (Å²) in [6.45, 7) is 1.34. The number of hydrogen-bond donors (Lipinski definition) is 2. The largest absolute Gasteiger partial charge is 0.313 e. The van der Waals surface area contributed by atoms with E-state index in [4.69, 9.17) is 0 Å². The molecule has 0 saturated carbocycles. The van der Waals surface area contributed by atoms with E-state index in [2.05, 4.69) is 20.0 Å². The van der Waals surface area contributed by atoms with Gasteiger partial charge in [0.25, 0.3) is 15.2 Å². The van der Waals surface area contributed by atoms with Gasteiger partial charge in [0.2, 0.25) is 0 Å². The van der Waals surface area contributed by atoms with Gasteiger partial charge in [-0.25, -0.2) is 23.1 Å². The van der Waals surface area contributed by atoms with Crippen molar-refractivity contribution in [3.05, 3.63) is 18.5 Å². The minimum atomic E-state index is -3.57. The van der Waals surface area contributed by atoms with Crippen LogP contribution in [-0.2, 0) is 10.0 Å².